The fourth-order valence-electron chi connectivity index (χ4n) is 2.66. The van der Waals surface area contributed by atoms with Crippen molar-refractivity contribution in [2.45, 2.75) is 40.7 Å². The summed E-state index contributed by atoms with van der Waals surface area (Å²) in [6.45, 7) is 7.08. The van der Waals surface area contributed by atoms with Gasteiger partial charge < -0.3 is 17.3 Å². The maximum absolute atomic E-state index is 13.0. The molecule has 9 heteroatoms. The molecule has 0 aliphatic rings. The van der Waals surface area contributed by atoms with Crippen molar-refractivity contribution >= 4 is 21.7 Å². The average Bonchev–Trinajstić information content (AvgIpc) is 3.06. The third-order valence-electron chi connectivity index (χ3n) is 3.76. The molecule has 1 radical (unpaired) electrons. The number of aromatic nitrogens is 2. The molecule has 157 valence electrons. The van der Waals surface area contributed by atoms with E-state index in [-0.39, 0.29) is 67.0 Å². The van der Waals surface area contributed by atoms with Gasteiger partial charge in [0.25, 0.3) is 17.2 Å². The van der Waals surface area contributed by atoms with E-state index < -0.39 is 18.5 Å². The van der Waals surface area contributed by atoms with Gasteiger partial charge in [0.15, 0.2) is 5.65 Å². The zero-order chi connectivity index (χ0) is 20.1. The third-order valence-corrected chi connectivity index (χ3v) is 4.72. The predicted octanol–water partition coefficient (Wildman–Crippen LogP) is 5.28. The molecule has 0 fully saturated rings. The maximum Gasteiger partial charge on any atom is 0.275 e. The minimum atomic E-state index is -2.73. The Balaban J connectivity index is 0.00000190. The van der Waals surface area contributed by atoms with E-state index in [9.17, 15) is 18.7 Å². The van der Waals surface area contributed by atoms with Crippen molar-refractivity contribution in [1.82, 2.24) is 9.55 Å². The molecule has 2 aromatic heterocycles. The number of rotatable bonds is 5. The van der Waals surface area contributed by atoms with E-state index in [1.165, 1.54) is 0 Å². The van der Waals surface area contributed by atoms with E-state index in [2.05, 4.69) is 4.98 Å². The van der Waals surface area contributed by atoms with E-state index in [1.807, 2.05) is 13.8 Å². The molecule has 0 aliphatic carbocycles. The predicted molar refractivity (Wildman–Crippen MR) is 111 cm³/mol. The molecule has 3 aromatic rings. The topological polar surface area (TPSA) is 64.3 Å². The Hall–Kier alpha value is -1.38. The number of fused-ring (bicyclic) bond motifs is 1. The molecule has 29 heavy (non-hydrogen) atoms. The van der Waals surface area contributed by atoms with Gasteiger partial charge in [-0.1, -0.05) is 49.4 Å². The summed E-state index contributed by atoms with van der Waals surface area (Å²) < 4.78 is 32.5. The zero-order valence-corrected chi connectivity index (χ0v) is 20.9. The molecule has 0 saturated heterocycles. The first-order valence-corrected chi connectivity index (χ1v) is 9.49. The van der Waals surface area contributed by atoms with Crippen LogP contribution in [0, 0.1) is 14.4 Å². The molecule has 0 unspecified atom stereocenters. The molecule has 3 rings (SSSR count). The molecule has 0 atom stereocenters. The molecule has 1 N–H and O–H groups in total. The van der Waals surface area contributed by atoms with Crippen LogP contribution in [0.15, 0.2) is 29.1 Å². The fraction of sp³-hybridized carbons (Fsp3) is 0.350. The van der Waals surface area contributed by atoms with E-state index in [1.54, 1.807) is 38.1 Å². The smallest absolute Gasteiger partial charge is 0.275 e. The number of benzene rings is 1. The normalized spacial score (nSPS) is 10.0. The van der Waals surface area contributed by atoms with Gasteiger partial charge in [0.1, 0.15) is 10.4 Å². The number of pyridine rings is 1. The summed E-state index contributed by atoms with van der Waals surface area (Å²) in [6, 6.07) is 6.98. The Bertz CT molecular complexity index is 990. The quantitative estimate of drug-likeness (QED) is 0.485. The SMILES string of the molecule is CC.CCOc1nc2c(s1)c(O)c(-c1ccccc1C)c(=O)n2CC(F)F.[CH3-].[Y]. The largest absolute Gasteiger partial charge is 0.505 e. The number of halogens is 2. The van der Waals surface area contributed by atoms with Crippen molar-refractivity contribution in [3.8, 4) is 22.1 Å². The Morgan fingerprint density at radius 3 is 2.45 bits per heavy atom. The van der Waals surface area contributed by atoms with Gasteiger partial charge in [0, 0.05) is 32.7 Å². The van der Waals surface area contributed by atoms with Gasteiger partial charge in [-0.15, -0.1) is 0 Å². The first-order valence-electron chi connectivity index (χ1n) is 8.67. The van der Waals surface area contributed by atoms with Crippen molar-refractivity contribution in [3.63, 3.8) is 0 Å². The van der Waals surface area contributed by atoms with Crippen LogP contribution in [0.5, 0.6) is 10.9 Å². The molecule has 2 heterocycles. The Morgan fingerprint density at radius 2 is 1.90 bits per heavy atom. The summed E-state index contributed by atoms with van der Waals surface area (Å²) in [5.74, 6) is -0.261. The Morgan fingerprint density at radius 1 is 1.28 bits per heavy atom. The minimum absolute atomic E-state index is 0. The maximum atomic E-state index is 13.0. The van der Waals surface area contributed by atoms with Gasteiger partial charge in [0.05, 0.1) is 18.7 Å². The minimum Gasteiger partial charge on any atom is -0.505 e. The summed E-state index contributed by atoms with van der Waals surface area (Å²) in [6.07, 6.45) is -2.73. The third kappa shape index (κ3) is 5.83. The fourth-order valence-corrected chi connectivity index (χ4v) is 3.59. The Kier molecular flexibility index (Phi) is 11.8. The number of thiazole rings is 1. The van der Waals surface area contributed by atoms with Gasteiger partial charge in [-0.3, -0.25) is 9.36 Å². The molecule has 1 aromatic carbocycles. The molecule has 5 nitrogen and oxygen atoms in total. The molecular weight excluding hydrogens is 475 g/mol. The second-order valence-electron chi connectivity index (χ2n) is 5.41. The van der Waals surface area contributed by atoms with Crippen molar-refractivity contribution < 1.29 is 51.3 Å². The number of alkyl halides is 2. The monoisotopic (exact) mass is 500 g/mol. The zero-order valence-electron chi connectivity index (χ0n) is 17.2. The first-order chi connectivity index (χ1) is 12.9. The van der Waals surface area contributed by atoms with Gasteiger partial charge in [0.2, 0.25) is 0 Å². The summed E-state index contributed by atoms with van der Waals surface area (Å²) >= 11 is 1.03. The molecule has 0 bridgehead atoms. The molecule has 0 spiro atoms. The average molecular weight is 500 g/mol. The summed E-state index contributed by atoms with van der Waals surface area (Å²) in [7, 11) is 0. The number of aromatic hydroxyl groups is 1. The van der Waals surface area contributed by atoms with E-state index >= 15 is 0 Å². The first kappa shape index (κ1) is 27.6. The van der Waals surface area contributed by atoms with Crippen molar-refractivity contribution in [2.24, 2.45) is 0 Å². The second kappa shape index (κ2) is 12.3. The van der Waals surface area contributed by atoms with E-state index in [0.29, 0.717) is 12.2 Å². The number of aryl methyl sites for hydroxylation is 1. The van der Waals surface area contributed by atoms with Crippen LogP contribution in [-0.2, 0) is 39.3 Å². The van der Waals surface area contributed by atoms with Crippen LogP contribution in [-0.4, -0.2) is 27.7 Å². The number of nitrogens with zero attached hydrogens (tertiary/aromatic N) is 2. The molecule has 0 saturated carbocycles. The number of hydrogen-bond acceptors (Lipinski definition) is 5. The number of hydrogen-bond donors (Lipinski definition) is 1. The van der Waals surface area contributed by atoms with Gasteiger partial charge in [-0.25, -0.2) is 8.78 Å². The standard InChI is InChI=1S/C17H16F2N2O3S.C2H6.CH3.Y/c1-3-24-17-20-15-14(25-17)13(22)12(10-7-5-4-6-9(10)2)16(23)21(15)8-11(18)19;1-2;;/h4-7,11,22H,3,8H2,1-2H3;1-2H3;1H3;/q;;-1;. The van der Waals surface area contributed by atoms with Crippen LogP contribution in [0.1, 0.15) is 26.3 Å². The second-order valence-corrected chi connectivity index (χ2v) is 6.37. The van der Waals surface area contributed by atoms with Gasteiger partial charge >= 0.3 is 0 Å². The summed E-state index contributed by atoms with van der Waals surface area (Å²) in [4.78, 5) is 17.0. The molecule has 0 amide bonds. The van der Waals surface area contributed by atoms with E-state index in [0.717, 1.165) is 21.5 Å². The molecular formula is C20H25F2N2O3SY-. The van der Waals surface area contributed by atoms with Crippen LogP contribution in [0.4, 0.5) is 8.78 Å². The van der Waals surface area contributed by atoms with Crippen LogP contribution in [0.3, 0.4) is 0 Å². The van der Waals surface area contributed by atoms with Crippen molar-refractivity contribution in [1.29, 1.82) is 0 Å². The van der Waals surface area contributed by atoms with E-state index in [4.69, 9.17) is 4.74 Å². The van der Waals surface area contributed by atoms with Gasteiger partial charge in [-0.2, -0.15) is 4.98 Å². The molecule has 0 aliphatic heterocycles. The number of ether oxygens (including phenoxy) is 1. The van der Waals surface area contributed by atoms with Crippen molar-refractivity contribution in [2.75, 3.05) is 6.61 Å². The van der Waals surface area contributed by atoms with Gasteiger partial charge in [-0.05, 0) is 25.0 Å². The Labute approximate surface area is 198 Å². The van der Waals surface area contributed by atoms with Crippen LogP contribution >= 0.6 is 11.3 Å². The van der Waals surface area contributed by atoms with Crippen LogP contribution in [0.25, 0.3) is 21.5 Å². The van der Waals surface area contributed by atoms with Crippen LogP contribution in [0.2, 0.25) is 0 Å². The summed E-state index contributed by atoms with van der Waals surface area (Å²) in [5.41, 5.74) is 0.563. The van der Waals surface area contributed by atoms with Crippen molar-refractivity contribution in [3.05, 3.63) is 47.6 Å². The summed E-state index contributed by atoms with van der Waals surface area (Å²) in [5, 5.41) is 10.9. The van der Waals surface area contributed by atoms with Crippen LogP contribution < -0.4 is 10.3 Å².